The van der Waals surface area contributed by atoms with Gasteiger partial charge in [0.15, 0.2) is 0 Å². The second-order valence-electron chi connectivity index (χ2n) is 5.94. The van der Waals surface area contributed by atoms with Gasteiger partial charge < -0.3 is 15.6 Å². The van der Waals surface area contributed by atoms with Crippen LogP contribution in [0.4, 0.5) is 19.3 Å². The van der Waals surface area contributed by atoms with E-state index in [9.17, 15) is 18.7 Å². The van der Waals surface area contributed by atoms with Gasteiger partial charge >= 0.3 is 6.09 Å². The first-order valence-electron chi connectivity index (χ1n) is 6.34. The molecular formula is C14H20F2N2O3. The SMILES string of the molecule is CC(C)(C)OC(=O)Nc1ccc(C(C)(N)C(F)F)cc1O. The summed E-state index contributed by atoms with van der Waals surface area (Å²) in [6.07, 6.45) is -3.54. The van der Waals surface area contributed by atoms with E-state index in [1.54, 1.807) is 20.8 Å². The van der Waals surface area contributed by atoms with Crippen LogP contribution < -0.4 is 11.1 Å². The third-order valence-electron chi connectivity index (χ3n) is 2.71. The first-order valence-corrected chi connectivity index (χ1v) is 6.34. The van der Waals surface area contributed by atoms with Gasteiger partial charge in [-0.25, -0.2) is 13.6 Å². The largest absolute Gasteiger partial charge is 0.506 e. The van der Waals surface area contributed by atoms with Crippen LogP contribution in [-0.4, -0.2) is 23.2 Å². The molecule has 21 heavy (non-hydrogen) atoms. The summed E-state index contributed by atoms with van der Waals surface area (Å²) in [6, 6.07) is 3.71. The lowest BCUT2D eigenvalue weighted by Gasteiger charge is -2.25. The van der Waals surface area contributed by atoms with E-state index in [2.05, 4.69) is 5.32 Å². The Morgan fingerprint density at radius 2 is 1.90 bits per heavy atom. The van der Waals surface area contributed by atoms with Crippen LogP contribution in [0, 0.1) is 0 Å². The number of ether oxygens (including phenoxy) is 1. The van der Waals surface area contributed by atoms with Crippen molar-refractivity contribution in [2.24, 2.45) is 5.73 Å². The third-order valence-corrected chi connectivity index (χ3v) is 2.71. The normalized spacial score (nSPS) is 14.7. The first kappa shape index (κ1) is 17.2. The molecule has 0 fully saturated rings. The maximum atomic E-state index is 12.8. The highest BCUT2D eigenvalue weighted by atomic mass is 19.3. The molecule has 1 atom stereocenters. The number of anilines is 1. The molecular weight excluding hydrogens is 282 g/mol. The van der Waals surface area contributed by atoms with E-state index >= 15 is 0 Å². The highest BCUT2D eigenvalue weighted by molar-refractivity contribution is 5.87. The zero-order valence-electron chi connectivity index (χ0n) is 12.4. The fourth-order valence-corrected chi connectivity index (χ4v) is 1.51. The van der Waals surface area contributed by atoms with E-state index in [0.29, 0.717) is 0 Å². The van der Waals surface area contributed by atoms with Crippen molar-refractivity contribution >= 4 is 11.8 Å². The molecule has 1 aromatic rings. The topological polar surface area (TPSA) is 84.6 Å². The van der Waals surface area contributed by atoms with Crippen molar-refractivity contribution < 1.29 is 23.4 Å². The summed E-state index contributed by atoms with van der Waals surface area (Å²) < 4.78 is 30.7. The second kappa shape index (κ2) is 5.85. The predicted octanol–water partition coefficient (Wildman–Crippen LogP) is 3.18. The zero-order valence-corrected chi connectivity index (χ0v) is 12.4. The van der Waals surface area contributed by atoms with Crippen molar-refractivity contribution in [3.05, 3.63) is 23.8 Å². The van der Waals surface area contributed by atoms with Crippen LogP contribution in [-0.2, 0) is 10.3 Å². The molecule has 1 aromatic carbocycles. The average Bonchev–Trinajstić information content (AvgIpc) is 2.28. The molecule has 0 saturated carbocycles. The third kappa shape index (κ3) is 4.56. The van der Waals surface area contributed by atoms with E-state index < -0.39 is 23.7 Å². The summed E-state index contributed by atoms with van der Waals surface area (Å²) in [6.45, 7) is 6.24. The van der Waals surface area contributed by atoms with E-state index in [-0.39, 0.29) is 17.0 Å². The Labute approximate surface area is 122 Å². The molecule has 0 radical (unpaired) electrons. The number of rotatable bonds is 3. The molecule has 0 aliphatic rings. The molecule has 1 unspecified atom stereocenters. The molecule has 0 spiro atoms. The number of hydrogen-bond acceptors (Lipinski definition) is 4. The number of nitrogens with two attached hydrogens (primary N) is 1. The molecule has 0 aliphatic heterocycles. The lowest BCUT2D eigenvalue weighted by molar-refractivity contribution is 0.0619. The fraction of sp³-hybridized carbons (Fsp3) is 0.500. The Morgan fingerprint density at radius 1 is 1.33 bits per heavy atom. The molecule has 0 aromatic heterocycles. The first-order chi connectivity index (χ1) is 9.43. The van der Waals surface area contributed by atoms with Crippen molar-refractivity contribution in [1.29, 1.82) is 0 Å². The van der Waals surface area contributed by atoms with Gasteiger partial charge in [-0.2, -0.15) is 0 Å². The zero-order chi connectivity index (χ0) is 16.4. The maximum Gasteiger partial charge on any atom is 0.412 e. The van der Waals surface area contributed by atoms with E-state index in [1.165, 1.54) is 12.1 Å². The molecule has 1 rings (SSSR count). The highest BCUT2D eigenvalue weighted by Gasteiger charge is 2.33. The van der Waals surface area contributed by atoms with Gasteiger partial charge in [-0.15, -0.1) is 0 Å². The molecule has 118 valence electrons. The lowest BCUT2D eigenvalue weighted by Crippen LogP contribution is -2.40. The number of carbonyl (C=O) groups excluding carboxylic acids is 1. The number of carbonyl (C=O) groups is 1. The second-order valence-corrected chi connectivity index (χ2v) is 5.94. The predicted molar refractivity (Wildman–Crippen MR) is 75.5 cm³/mol. The van der Waals surface area contributed by atoms with Crippen LogP contribution in [0.3, 0.4) is 0 Å². The molecule has 1 amide bonds. The minimum absolute atomic E-state index is 0.0538. The van der Waals surface area contributed by atoms with E-state index in [0.717, 1.165) is 13.0 Å². The standard InChI is InChI=1S/C14H20F2N2O3/c1-13(2,3)21-12(20)18-9-6-5-8(7-10(9)19)14(4,17)11(15)16/h5-7,11,19H,17H2,1-4H3,(H,18,20). The molecule has 7 heteroatoms. The maximum absolute atomic E-state index is 12.8. The Kier molecular flexibility index (Phi) is 4.78. The number of phenols is 1. The van der Waals surface area contributed by atoms with Gasteiger partial charge in [0.25, 0.3) is 6.43 Å². The summed E-state index contributed by atoms with van der Waals surface area (Å²) in [5.74, 6) is -0.365. The van der Waals surface area contributed by atoms with Crippen LogP contribution in [0.1, 0.15) is 33.3 Å². The van der Waals surface area contributed by atoms with Crippen LogP contribution in [0.25, 0.3) is 0 Å². The average molecular weight is 302 g/mol. The fourth-order valence-electron chi connectivity index (χ4n) is 1.51. The Balaban J connectivity index is 2.92. The highest BCUT2D eigenvalue weighted by Crippen LogP contribution is 2.32. The lowest BCUT2D eigenvalue weighted by atomic mass is 9.93. The summed E-state index contributed by atoms with van der Waals surface area (Å²) in [5, 5.41) is 12.1. The Morgan fingerprint density at radius 3 is 2.33 bits per heavy atom. The number of phenolic OH excluding ortho intramolecular Hbond substituents is 1. The summed E-state index contributed by atoms with van der Waals surface area (Å²) >= 11 is 0. The van der Waals surface area contributed by atoms with Crippen molar-refractivity contribution in [2.45, 2.75) is 45.3 Å². The van der Waals surface area contributed by atoms with Crippen LogP contribution in [0.2, 0.25) is 0 Å². The summed E-state index contributed by atoms with van der Waals surface area (Å²) in [5.41, 5.74) is 3.05. The Bertz CT molecular complexity index is 525. The molecule has 0 heterocycles. The number of nitrogens with one attached hydrogen (secondary N) is 1. The number of hydrogen-bond donors (Lipinski definition) is 3. The smallest absolute Gasteiger partial charge is 0.412 e. The van der Waals surface area contributed by atoms with Gasteiger partial charge in [0, 0.05) is 0 Å². The van der Waals surface area contributed by atoms with Gasteiger partial charge in [0.2, 0.25) is 0 Å². The van der Waals surface area contributed by atoms with Gasteiger partial charge in [-0.1, -0.05) is 6.07 Å². The minimum atomic E-state index is -2.79. The van der Waals surface area contributed by atoms with Crippen LogP contribution in [0.15, 0.2) is 18.2 Å². The van der Waals surface area contributed by atoms with Crippen LogP contribution >= 0.6 is 0 Å². The van der Waals surface area contributed by atoms with Crippen molar-refractivity contribution in [3.63, 3.8) is 0 Å². The molecule has 0 aliphatic carbocycles. The van der Waals surface area contributed by atoms with Crippen molar-refractivity contribution in [3.8, 4) is 5.75 Å². The summed E-state index contributed by atoms with van der Waals surface area (Å²) in [4.78, 5) is 11.6. The monoisotopic (exact) mass is 302 g/mol. The number of halogens is 2. The van der Waals surface area contributed by atoms with Crippen LogP contribution in [0.5, 0.6) is 5.75 Å². The van der Waals surface area contributed by atoms with Gasteiger partial charge in [0.1, 0.15) is 11.4 Å². The quantitative estimate of drug-likeness (QED) is 0.749. The molecule has 0 bridgehead atoms. The number of benzene rings is 1. The van der Waals surface area contributed by atoms with Gasteiger partial charge in [-0.3, -0.25) is 5.32 Å². The van der Waals surface area contributed by atoms with E-state index in [1.807, 2.05) is 0 Å². The minimum Gasteiger partial charge on any atom is -0.506 e. The number of aromatic hydroxyl groups is 1. The number of amides is 1. The van der Waals surface area contributed by atoms with Crippen molar-refractivity contribution in [2.75, 3.05) is 5.32 Å². The number of alkyl halides is 2. The Hall–Kier alpha value is -1.89. The molecule has 5 nitrogen and oxygen atoms in total. The molecule has 4 N–H and O–H groups in total. The molecule has 0 saturated heterocycles. The van der Waals surface area contributed by atoms with Gasteiger partial charge in [-0.05, 0) is 45.4 Å². The van der Waals surface area contributed by atoms with Crippen molar-refractivity contribution in [1.82, 2.24) is 0 Å². The van der Waals surface area contributed by atoms with E-state index in [4.69, 9.17) is 10.5 Å². The van der Waals surface area contributed by atoms with Gasteiger partial charge in [0.05, 0.1) is 11.2 Å². The summed E-state index contributed by atoms with van der Waals surface area (Å²) in [7, 11) is 0.